The molecule has 1 N–H and O–H groups in total. The van der Waals surface area contributed by atoms with Crippen LogP contribution < -0.4 is 5.32 Å². The van der Waals surface area contributed by atoms with Crippen molar-refractivity contribution in [1.29, 1.82) is 0 Å². The normalized spacial score (nSPS) is 19.6. The van der Waals surface area contributed by atoms with E-state index in [-0.39, 0.29) is 11.9 Å². The number of carbonyl (C=O) groups is 1. The number of aromatic nitrogens is 4. The van der Waals surface area contributed by atoms with Gasteiger partial charge in [-0.05, 0) is 12.5 Å². The summed E-state index contributed by atoms with van der Waals surface area (Å²) in [6.07, 6.45) is 4.24. The molecule has 2 aliphatic heterocycles. The highest BCUT2D eigenvalue weighted by Crippen LogP contribution is 2.24. The highest BCUT2D eigenvalue weighted by atomic mass is 35.5. The lowest BCUT2D eigenvalue weighted by Crippen LogP contribution is -2.40. The van der Waals surface area contributed by atoms with Crippen LogP contribution >= 0.6 is 11.6 Å². The maximum Gasteiger partial charge on any atom is 0.255 e. The predicted octanol–water partition coefficient (Wildman–Crippen LogP) is 1.79. The molecule has 0 spiro atoms. The van der Waals surface area contributed by atoms with E-state index in [9.17, 15) is 4.79 Å². The minimum Gasteiger partial charge on any atom is -0.378 e. The first kappa shape index (κ1) is 18.2. The number of nitrogens with zero attached hydrogens (tertiary/aromatic N) is 5. The molecule has 1 saturated heterocycles. The van der Waals surface area contributed by atoms with Crippen molar-refractivity contribution in [3.05, 3.63) is 34.5 Å². The number of anilines is 1. The number of carbonyl (C=O) groups excluding carboxylic acids is 1. The van der Waals surface area contributed by atoms with Gasteiger partial charge < -0.3 is 15.0 Å². The fraction of sp³-hybridized carbons (Fsp3) is 0.556. The van der Waals surface area contributed by atoms with Crippen molar-refractivity contribution < 1.29 is 9.53 Å². The van der Waals surface area contributed by atoms with Crippen molar-refractivity contribution in [2.45, 2.75) is 38.8 Å². The third-order valence-electron chi connectivity index (χ3n) is 4.95. The first-order valence-electron chi connectivity index (χ1n) is 9.35. The molecule has 0 saturated carbocycles. The van der Waals surface area contributed by atoms with Gasteiger partial charge in [0.25, 0.3) is 5.91 Å². The second kappa shape index (κ2) is 7.82. The molecule has 2 aromatic rings. The van der Waals surface area contributed by atoms with Crippen LogP contribution in [0.25, 0.3) is 0 Å². The van der Waals surface area contributed by atoms with Crippen molar-refractivity contribution >= 4 is 23.3 Å². The van der Waals surface area contributed by atoms with Crippen molar-refractivity contribution in [2.75, 3.05) is 31.6 Å². The molecular weight excluding hydrogens is 368 g/mol. The number of aryl methyl sites for hydroxylation is 2. The summed E-state index contributed by atoms with van der Waals surface area (Å²) in [5.74, 6) is 2.46. The van der Waals surface area contributed by atoms with Gasteiger partial charge in [-0.3, -0.25) is 4.79 Å². The van der Waals surface area contributed by atoms with Gasteiger partial charge in [-0.15, -0.1) is 0 Å². The molecule has 0 aliphatic carbocycles. The zero-order valence-corrected chi connectivity index (χ0v) is 16.1. The van der Waals surface area contributed by atoms with Gasteiger partial charge in [0.05, 0.1) is 30.3 Å². The number of hydrogen-bond donors (Lipinski definition) is 1. The van der Waals surface area contributed by atoms with E-state index >= 15 is 0 Å². The van der Waals surface area contributed by atoms with Gasteiger partial charge in [-0.2, -0.15) is 5.10 Å². The molecule has 0 aromatic carbocycles. The van der Waals surface area contributed by atoms with Gasteiger partial charge in [0.2, 0.25) is 0 Å². The standard InChI is InChI=1S/C18H23ClN6O2/c1-2-15-22-16-4-3-13(11-25(16)23-15)21-17-14(19)9-12(10-20-17)18(26)24-5-7-27-8-6-24/h9-10,13H,2-8,11H2,1H3,(H,20,21). The molecule has 144 valence electrons. The monoisotopic (exact) mass is 390 g/mol. The molecule has 8 nitrogen and oxygen atoms in total. The largest absolute Gasteiger partial charge is 0.378 e. The highest BCUT2D eigenvalue weighted by Gasteiger charge is 2.23. The fourth-order valence-corrected chi connectivity index (χ4v) is 3.65. The maximum atomic E-state index is 12.6. The van der Waals surface area contributed by atoms with E-state index in [1.807, 2.05) is 4.68 Å². The van der Waals surface area contributed by atoms with Crippen LogP contribution in [0.1, 0.15) is 35.4 Å². The summed E-state index contributed by atoms with van der Waals surface area (Å²) >= 11 is 6.40. The molecule has 4 rings (SSSR count). The third kappa shape index (κ3) is 3.91. The molecule has 27 heavy (non-hydrogen) atoms. The van der Waals surface area contributed by atoms with E-state index in [1.54, 1.807) is 17.2 Å². The first-order valence-corrected chi connectivity index (χ1v) is 9.73. The second-order valence-electron chi connectivity index (χ2n) is 6.82. The van der Waals surface area contributed by atoms with E-state index in [1.165, 1.54) is 0 Å². The lowest BCUT2D eigenvalue weighted by Gasteiger charge is -2.27. The lowest BCUT2D eigenvalue weighted by molar-refractivity contribution is 0.0302. The van der Waals surface area contributed by atoms with Crippen LogP contribution in [-0.4, -0.2) is 62.9 Å². The Morgan fingerprint density at radius 1 is 1.41 bits per heavy atom. The van der Waals surface area contributed by atoms with E-state index in [4.69, 9.17) is 16.3 Å². The van der Waals surface area contributed by atoms with Gasteiger partial charge in [-0.1, -0.05) is 18.5 Å². The molecule has 9 heteroatoms. The topological polar surface area (TPSA) is 85.2 Å². The van der Waals surface area contributed by atoms with Crippen LogP contribution in [0, 0.1) is 0 Å². The lowest BCUT2D eigenvalue weighted by atomic mass is 10.1. The van der Waals surface area contributed by atoms with Crippen molar-refractivity contribution in [1.82, 2.24) is 24.6 Å². The Kier molecular flexibility index (Phi) is 5.27. The predicted molar refractivity (Wildman–Crippen MR) is 101 cm³/mol. The number of fused-ring (bicyclic) bond motifs is 1. The number of nitrogens with one attached hydrogen (secondary N) is 1. The molecule has 1 fully saturated rings. The van der Waals surface area contributed by atoms with Crippen LogP contribution in [0.3, 0.4) is 0 Å². The Balaban J connectivity index is 1.43. The summed E-state index contributed by atoms with van der Waals surface area (Å²) in [6, 6.07) is 1.86. The average Bonchev–Trinajstić information content (AvgIpc) is 3.12. The smallest absolute Gasteiger partial charge is 0.255 e. The van der Waals surface area contributed by atoms with Crippen LogP contribution in [0.5, 0.6) is 0 Å². The number of morpholine rings is 1. The summed E-state index contributed by atoms with van der Waals surface area (Å²) in [6.45, 7) is 5.11. The van der Waals surface area contributed by atoms with Gasteiger partial charge in [0, 0.05) is 38.2 Å². The zero-order valence-electron chi connectivity index (χ0n) is 15.3. The summed E-state index contributed by atoms with van der Waals surface area (Å²) in [5.41, 5.74) is 0.502. The van der Waals surface area contributed by atoms with Crippen molar-refractivity contribution in [3.8, 4) is 0 Å². The van der Waals surface area contributed by atoms with Gasteiger partial charge >= 0.3 is 0 Å². The maximum absolute atomic E-state index is 12.6. The van der Waals surface area contributed by atoms with Gasteiger partial charge in [0.15, 0.2) is 5.82 Å². The quantitative estimate of drug-likeness (QED) is 0.856. The molecule has 1 unspecified atom stereocenters. The Morgan fingerprint density at radius 2 is 2.22 bits per heavy atom. The molecule has 0 bridgehead atoms. The average molecular weight is 391 g/mol. The van der Waals surface area contributed by atoms with E-state index in [0.717, 1.165) is 37.5 Å². The van der Waals surface area contributed by atoms with Crippen LogP contribution in [-0.2, 0) is 24.1 Å². The summed E-state index contributed by atoms with van der Waals surface area (Å²) in [5, 5.41) is 8.36. The molecule has 2 aliphatic rings. The van der Waals surface area contributed by atoms with Gasteiger partial charge in [-0.25, -0.2) is 14.6 Å². The van der Waals surface area contributed by atoms with Crippen LogP contribution in [0.2, 0.25) is 5.02 Å². The third-order valence-corrected chi connectivity index (χ3v) is 5.23. The number of hydrogen-bond acceptors (Lipinski definition) is 6. The molecule has 4 heterocycles. The molecule has 0 radical (unpaired) electrons. The summed E-state index contributed by atoms with van der Waals surface area (Å²) in [4.78, 5) is 23.3. The van der Waals surface area contributed by atoms with E-state index in [2.05, 4.69) is 27.3 Å². The first-order chi connectivity index (χ1) is 13.1. The Labute approximate surface area is 162 Å². The van der Waals surface area contributed by atoms with Crippen LogP contribution in [0.15, 0.2) is 12.3 Å². The number of halogens is 1. The number of ether oxygens (including phenoxy) is 1. The molecule has 1 atom stereocenters. The second-order valence-corrected chi connectivity index (χ2v) is 7.23. The Hall–Kier alpha value is -2.19. The SMILES string of the molecule is CCc1nc2n(n1)CC(Nc1ncc(C(=O)N3CCOCC3)cc1Cl)CC2. The van der Waals surface area contributed by atoms with E-state index < -0.39 is 0 Å². The van der Waals surface area contributed by atoms with E-state index in [0.29, 0.717) is 42.7 Å². The van der Waals surface area contributed by atoms with Crippen molar-refractivity contribution in [3.63, 3.8) is 0 Å². The Morgan fingerprint density at radius 3 is 2.96 bits per heavy atom. The summed E-state index contributed by atoms with van der Waals surface area (Å²) in [7, 11) is 0. The molecular formula is C18H23ClN6O2. The molecule has 1 amide bonds. The van der Waals surface area contributed by atoms with Crippen LogP contribution in [0.4, 0.5) is 5.82 Å². The minimum atomic E-state index is -0.0590. The van der Waals surface area contributed by atoms with Gasteiger partial charge in [0.1, 0.15) is 11.6 Å². The molecule has 2 aromatic heterocycles. The number of pyridine rings is 1. The number of amides is 1. The summed E-state index contributed by atoms with van der Waals surface area (Å²) < 4.78 is 7.25. The number of rotatable bonds is 4. The van der Waals surface area contributed by atoms with Crippen molar-refractivity contribution in [2.24, 2.45) is 0 Å². The highest BCUT2D eigenvalue weighted by molar-refractivity contribution is 6.33. The minimum absolute atomic E-state index is 0.0590. The Bertz CT molecular complexity index is 833. The fourth-order valence-electron chi connectivity index (χ4n) is 3.43. The zero-order chi connectivity index (χ0) is 18.8.